The minimum absolute atomic E-state index is 0.0298. The van der Waals surface area contributed by atoms with Crippen molar-refractivity contribution in [2.75, 3.05) is 27.2 Å². The molecule has 30 heavy (non-hydrogen) atoms. The van der Waals surface area contributed by atoms with Crippen LogP contribution in [0, 0.1) is 0 Å². The number of likely N-dealkylation sites (N-methyl/N-ethyl adjacent to an activating group) is 1. The number of carbonyl (C=O) groups excluding carboxylic acids is 1. The molecule has 3 nitrogen and oxygen atoms in total. The molecular formula is C27H48NO2+. The first-order valence-corrected chi connectivity index (χ1v) is 12.5. The van der Waals surface area contributed by atoms with E-state index in [2.05, 4.69) is 45.3 Å². The monoisotopic (exact) mass is 418 g/mol. The molecular weight excluding hydrogens is 370 g/mol. The van der Waals surface area contributed by atoms with Gasteiger partial charge in [-0.25, -0.2) is 0 Å². The summed E-state index contributed by atoms with van der Waals surface area (Å²) in [4.78, 5) is 12.0. The van der Waals surface area contributed by atoms with E-state index in [-0.39, 0.29) is 5.97 Å². The maximum atomic E-state index is 12.0. The van der Waals surface area contributed by atoms with Crippen molar-refractivity contribution in [2.45, 2.75) is 103 Å². The summed E-state index contributed by atoms with van der Waals surface area (Å²) in [6.45, 7) is 4.59. The summed E-state index contributed by atoms with van der Waals surface area (Å²) in [6.07, 6.45) is 17.8. The number of quaternary nitrogens is 1. The highest BCUT2D eigenvalue weighted by atomic mass is 16.5. The number of ether oxygens (including phenoxy) is 1. The predicted octanol–water partition coefficient (Wildman–Crippen LogP) is 7.29. The molecule has 0 unspecified atom stereocenters. The third-order valence-corrected chi connectivity index (χ3v) is 5.90. The van der Waals surface area contributed by atoms with Crippen molar-refractivity contribution in [1.82, 2.24) is 0 Å². The van der Waals surface area contributed by atoms with E-state index in [1.807, 2.05) is 6.07 Å². The molecule has 0 saturated heterocycles. The molecule has 3 heteroatoms. The van der Waals surface area contributed by atoms with Crippen molar-refractivity contribution in [3.63, 3.8) is 0 Å². The van der Waals surface area contributed by atoms with Crippen molar-refractivity contribution in [1.29, 1.82) is 0 Å². The maximum Gasteiger partial charge on any atom is 0.305 e. The topological polar surface area (TPSA) is 26.3 Å². The lowest BCUT2D eigenvalue weighted by Crippen LogP contribution is -2.41. The van der Waals surface area contributed by atoms with Crippen LogP contribution in [-0.2, 0) is 16.1 Å². The van der Waals surface area contributed by atoms with Gasteiger partial charge in [0, 0.05) is 12.0 Å². The lowest BCUT2D eigenvalue weighted by atomic mass is 10.0. The van der Waals surface area contributed by atoms with Crippen LogP contribution in [0.3, 0.4) is 0 Å². The van der Waals surface area contributed by atoms with Crippen LogP contribution in [0.15, 0.2) is 30.3 Å². The van der Waals surface area contributed by atoms with Gasteiger partial charge in [-0.3, -0.25) is 4.79 Å². The molecule has 0 atom stereocenters. The summed E-state index contributed by atoms with van der Waals surface area (Å²) in [5, 5.41) is 0. The van der Waals surface area contributed by atoms with E-state index < -0.39 is 0 Å². The molecule has 1 aromatic rings. The maximum absolute atomic E-state index is 12.0. The molecule has 172 valence electrons. The Kier molecular flexibility index (Phi) is 15.4. The van der Waals surface area contributed by atoms with Crippen molar-refractivity contribution < 1.29 is 14.0 Å². The first-order valence-electron chi connectivity index (χ1n) is 12.5. The molecule has 0 fully saturated rings. The van der Waals surface area contributed by atoms with Gasteiger partial charge in [-0.15, -0.1) is 0 Å². The van der Waals surface area contributed by atoms with E-state index >= 15 is 0 Å². The number of carbonyl (C=O) groups is 1. The van der Waals surface area contributed by atoms with Crippen LogP contribution in [0.2, 0.25) is 0 Å². The van der Waals surface area contributed by atoms with Crippen LogP contribution in [0.25, 0.3) is 0 Å². The van der Waals surface area contributed by atoms with Gasteiger partial charge in [0.25, 0.3) is 0 Å². The van der Waals surface area contributed by atoms with Crippen molar-refractivity contribution in [3.8, 4) is 0 Å². The normalized spacial score (nSPS) is 11.6. The SMILES string of the molecule is CCCCCCCCCCCCCCCC(=O)OCC[N+](C)(C)Cc1ccccc1. The number of unbranched alkanes of at least 4 members (excludes halogenated alkanes) is 12. The van der Waals surface area contributed by atoms with Gasteiger partial charge >= 0.3 is 5.97 Å². The van der Waals surface area contributed by atoms with Crippen LogP contribution in [-0.4, -0.2) is 37.7 Å². The Morgan fingerprint density at radius 1 is 0.767 bits per heavy atom. The third kappa shape index (κ3) is 15.5. The standard InChI is InChI=1S/C27H48NO2/c1-4-5-6-7-8-9-10-11-12-13-14-15-19-22-27(29)30-24-23-28(2,3)25-26-20-17-16-18-21-26/h16-18,20-21H,4-15,19,22-25H2,1-3H3/q+1. The van der Waals surface area contributed by atoms with E-state index in [9.17, 15) is 4.79 Å². The minimum atomic E-state index is -0.0298. The summed E-state index contributed by atoms with van der Waals surface area (Å²) in [5.74, 6) is -0.0298. The number of hydrogen-bond acceptors (Lipinski definition) is 2. The molecule has 0 aliphatic heterocycles. The van der Waals surface area contributed by atoms with E-state index in [1.54, 1.807) is 0 Å². The molecule has 1 rings (SSSR count). The molecule has 0 saturated carbocycles. The summed E-state index contributed by atoms with van der Waals surface area (Å²) in [5.41, 5.74) is 1.32. The van der Waals surface area contributed by atoms with Gasteiger partial charge in [0.05, 0.1) is 14.1 Å². The Morgan fingerprint density at radius 3 is 1.80 bits per heavy atom. The summed E-state index contributed by atoms with van der Waals surface area (Å²) >= 11 is 0. The lowest BCUT2D eigenvalue weighted by Gasteiger charge is -2.29. The lowest BCUT2D eigenvalue weighted by molar-refractivity contribution is -0.903. The number of rotatable bonds is 19. The Labute approximate surface area is 186 Å². The second-order valence-corrected chi connectivity index (χ2v) is 9.52. The first kappa shape index (κ1) is 26.7. The number of esters is 1. The second-order valence-electron chi connectivity index (χ2n) is 9.52. The van der Waals surface area contributed by atoms with Gasteiger partial charge in [-0.05, 0) is 6.42 Å². The van der Waals surface area contributed by atoms with Gasteiger partial charge in [-0.1, -0.05) is 114 Å². The van der Waals surface area contributed by atoms with Gasteiger partial charge in [0.2, 0.25) is 0 Å². The average Bonchev–Trinajstić information content (AvgIpc) is 2.71. The molecule has 0 amide bonds. The third-order valence-electron chi connectivity index (χ3n) is 5.90. The summed E-state index contributed by atoms with van der Waals surface area (Å²) < 4.78 is 6.30. The van der Waals surface area contributed by atoms with Crippen molar-refractivity contribution >= 4 is 5.97 Å². The molecule has 0 heterocycles. The highest BCUT2D eigenvalue weighted by Crippen LogP contribution is 2.13. The fraction of sp³-hybridized carbons (Fsp3) is 0.741. The largest absolute Gasteiger partial charge is 0.460 e. The average molecular weight is 419 g/mol. The number of benzene rings is 1. The van der Waals surface area contributed by atoms with Crippen molar-refractivity contribution in [3.05, 3.63) is 35.9 Å². The smallest absolute Gasteiger partial charge is 0.305 e. The zero-order chi connectivity index (χ0) is 21.9. The molecule has 0 aliphatic rings. The fourth-order valence-corrected chi connectivity index (χ4v) is 3.92. The van der Waals surface area contributed by atoms with Crippen LogP contribution >= 0.6 is 0 Å². The zero-order valence-corrected chi connectivity index (χ0v) is 20.2. The van der Waals surface area contributed by atoms with E-state index in [1.165, 1.54) is 76.2 Å². The van der Waals surface area contributed by atoms with Crippen LogP contribution in [0.4, 0.5) is 0 Å². The van der Waals surface area contributed by atoms with E-state index in [4.69, 9.17) is 4.74 Å². The number of nitrogens with zero attached hydrogens (tertiary/aromatic N) is 1. The van der Waals surface area contributed by atoms with Crippen molar-refractivity contribution in [2.24, 2.45) is 0 Å². The Balaban J connectivity index is 1.90. The van der Waals surface area contributed by atoms with Gasteiger partial charge in [-0.2, -0.15) is 0 Å². The highest BCUT2D eigenvalue weighted by Gasteiger charge is 2.16. The molecule has 0 bridgehead atoms. The Bertz CT molecular complexity index is 527. The summed E-state index contributed by atoms with van der Waals surface area (Å²) in [7, 11) is 4.38. The van der Waals surface area contributed by atoms with Crippen LogP contribution < -0.4 is 0 Å². The second kappa shape index (κ2) is 17.3. The van der Waals surface area contributed by atoms with Gasteiger partial charge in [0.15, 0.2) is 0 Å². The fourth-order valence-electron chi connectivity index (χ4n) is 3.92. The molecule has 1 aromatic carbocycles. The molecule has 0 aromatic heterocycles. The summed E-state index contributed by atoms with van der Waals surface area (Å²) in [6, 6.07) is 10.5. The Morgan fingerprint density at radius 2 is 1.27 bits per heavy atom. The molecule has 0 spiro atoms. The molecule has 0 N–H and O–H groups in total. The van der Waals surface area contributed by atoms with Gasteiger partial charge in [0.1, 0.15) is 19.7 Å². The van der Waals surface area contributed by atoms with Gasteiger partial charge < -0.3 is 9.22 Å². The number of hydrogen-bond donors (Lipinski definition) is 0. The predicted molar refractivity (Wildman–Crippen MR) is 128 cm³/mol. The Hall–Kier alpha value is -1.35. The van der Waals surface area contributed by atoms with E-state index in [0.717, 1.165) is 30.4 Å². The molecule has 0 aliphatic carbocycles. The quantitative estimate of drug-likeness (QED) is 0.134. The molecule has 0 radical (unpaired) electrons. The highest BCUT2D eigenvalue weighted by molar-refractivity contribution is 5.69. The van der Waals surface area contributed by atoms with Crippen LogP contribution in [0.5, 0.6) is 0 Å². The first-order chi connectivity index (χ1) is 14.5. The van der Waals surface area contributed by atoms with Crippen LogP contribution in [0.1, 0.15) is 102 Å². The minimum Gasteiger partial charge on any atom is -0.460 e. The van der Waals surface area contributed by atoms with E-state index in [0.29, 0.717) is 13.0 Å². The zero-order valence-electron chi connectivity index (χ0n) is 20.2.